The Morgan fingerprint density at radius 2 is 0.310 bits per heavy atom. The van der Waals surface area contributed by atoms with Gasteiger partial charge in [-0.25, -0.2) is 0 Å². The molecular weight excluding hydrogens is 1570 g/mol. The van der Waals surface area contributed by atoms with E-state index in [1.165, 1.54) is 16.7 Å². The first kappa shape index (κ1) is 82.7. The number of hydrogen-bond acceptors (Lipinski definition) is 3. The van der Waals surface area contributed by atoms with E-state index in [1.807, 2.05) is 127 Å². The van der Waals surface area contributed by atoms with Crippen molar-refractivity contribution in [2.45, 2.75) is 125 Å². The molecule has 0 aliphatic heterocycles. The lowest BCUT2D eigenvalue weighted by Gasteiger charge is -2.20. The third kappa shape index (κ3) is 15.5. The van der Waals surface area contributed by atoms with Gasteiger partial charge in [0, 0.05) is 99.1 Å². The van der Waals surface area contributed by atoms with Crippen molar-refractivity contribution in [1.82, 2.24) is 13.7 Å². The van der Waals surface area contributed by atoms with Gasteiger partial charge in [-0.1, -0.05) is 177 Å². The summed E-state index contributed by atoms with van der Waals surface area (Å²) < 4.78 is 6.68. The summed E-state index contributed by atoms with van der Waals surface area (Å²) in [7, 11) is 0. The van der Waals surface area contributed by atoms with E-state index in [-0.39, 0.29) is 16.3 Å². The molecule has 6 heteroatoms. The van der Waals surface area contributed by atoms with Crippen molar-refractivity contribution in [2.24, 2.45) is 0 Å². The zero-order chi connectivity index (χ0) is 90.0. The van der Waals surface area contributed by atoms with Gasteiger partial charge in [0.1, 0.15) is 0 Å². The SMILES string of the molecule is Cc1cc(C)c(-c2cc3cc(c2)C#Cc2ccc4c(c2)c(=O)c2cc(ccc2n4-c2c(C)cc(C)cc2C)C#Cc2cc(cc(-c4c(C)cc(C)cc4C)c2)C#Cc2ccc4c(c2)c(=O)c2cc(ccc2n4-c2c(C)cc(C)cc2C)C#Cc2cc(cc(-c4c(C)cc(C)cc4C)c2)C#Cc2ccc4c(c2)c(=O)c2cc(ccc2n4-c2c(C)cc(C)cc2C)C#C3)c(C)c1. The fraction of sp³-hybridized carbons (Fsp3) is 0.146. The molecule has 0 fully saturated rings. The first-order valence-electron chi connectivity index (χ1n) is 43.9. The lowest BCUT2D eigenvalue weighted by Crippen LogP contribution is -2.12. The highest BCUT2D eigenvalue weighted by molar-refractivity contribution is 6.01. The normalized spacial score (nSPS) is 11.6. The standard InChI is InChI=1S/C123H93N3O3/c1-70-43-76(7)115(77(8)44-70)100-58-94-25-19-88-31-37-109-103(64-88)121(127)105-66-90(33-39-111(105)124(109)118-82(13)49-73(4)50-83(118)14)21-27-96-56-98(62-101(60-96)116-78(9)45-71(2)46-79(116)10)29-23-92-35-41-113-107(68-92)123(129)108-69-93(36-42-114(108)126(113)120-86(17)53-75(6)54-87(120)18)24-30-99-57-97(61-102(63-99)117-80(11)47-72(3)48-81(117)12)28-22-91-34-40-112-106(67-91)122(128)104-65-89(20-26-95(55-94)59-100)32-38-110(104)125(112)119-84(15)51-74(5)52-85(119)16/h31-69H,1-18H3. The van der Waals surface area contributed by atoms with Gasteiger partial charge < -0.3 is 13.7 Å². The van der Waals surface area contributed by atoms with E-state index in [4.69, 9.17) is 0 Å². The highest BCUT2D eigenvalue weighted by Crippen LogP contribution is 2.39. The maximum Gasteiger partial charge on any atom is 0.197 e. The van der Waals surface area contributed by atoms with Crippen LogP contribution in [0.25, 0.3) is 116 Å². The quantitative estimate of drug-likeness (QED) is 0.123. The minimum atomic E-state index is -0.138. The highest BCUT2D eigenvalue weighted by atomic mass is 16.1. The van der Waals surface area contributed by atoms with Gasteiger partial charge in [0.25, 0.3) is 0 Å². The van der Waals surface area contributed by atoms with Crippen molar-refractivity contribution in [2.75, 3.05) is 0 Å². The molecule has 0 saturated heterocycles. The minimum absolute atomic E-state index is 0.138. The zero-order valence-electron chi connectivity index (χ0n) is 76.1. The van der Waals surface area contributed by atoms with Gasteiger partial charge in [0.15, 0.2) is 16.3 Å². The van der Waals surface area contributed by atoms with E-state index in [9.17, 15) is 0 Å². The smallest absolute Gasteiger partial charge is 0.197 e. The van der Waals surface area contributed by atoms with Gasteiger partial charge in [-0.15, -0.1) is 0 Å². The molecule has 0 saturated carbocycles. The van der Waals surface area contributed by atoms with E-state index in [2.05, 4.69) is 319 Å². The highest BCUT2D eigenvalue weighted by Gasteiger charge is 2.23. The topological polar surface area (TPSA) is 66.0 Å². The third-order valence-corrected chi connectivity index (χ3v) is 25.3. The molecule has 1 aliphatic carbocycles. The molecule has 3 heterocycles. The molecule has 129 heavy (non-hydrogen) atoms. The van der Waals surface area contributed by atoms with Crippen LogP contribution in [-0.2, 0) is 0 Å². The third-order valence-electron chi connectivity index (χ3n) is 25.3. The van der Waals surface area contributed by atoms with Crippen molar-refractivity contribution in [3.05, 3.63) is 434 Å². The van der Waals surface area contributed by atoms with E-state index in [0.29, 0.717) is 65.7 Å². The lowest BCUT2D eigenvalue weighted by atomic mass is 9.91. The number of benzene rings is 15. The van der Waals surface area contributed by atoms with Crippen molar-refractivity contribution < 1.29 is 0 Å². The average Bonchev–Trinajstić information content (AvgIpc) is 0.738. The molecular formula is C123H93N3O3. The Kier molecular flexibility index (Phi) is 20.9. The Bertz CT molecular complexity index is 7490. The Morgan fingerprint density at radius 1 is 0.163 bits per heavy atom. The Morgan fingerprint density at radius 3 is 0.473 bits per heavy atom. The Labute approximate surface area is 754 Å². The summed E-state index contributed by atoms with van der Waals surface area (Å²) in [4.78, 5) is 47.2. The summed E-state index contributed by atoms with van der Waals surface area (Å²) in [6.45, 7) is 38.4. The van der Waals surface area contributed by atoms with E-state index >= 15 is 14.4 Å². The summed E-state index contributed by atoms with van der Waals surface area (Å²) in [6.07, 6.45) is 0. The number of aryl methyl sites for hydroxylation is 18. The van der Waals surface area contributed by atoms with Gasteiger partial charge in [-0.3, -0.25) is 14.4 Å². The summed E-state index contributed by atoms with van der Waals surface area (Å²) in [5, 5.41) is 3.10. The maximum absolute atomic E-state index is 15.7. The molecule has 18 bridgehead atoms. The van der Waals surface area contributed by atoms with Crippen LogP contribution in [0, 0.1) is 196 Å². The van der Waals surface area contributed by atoms with Crippen molar-refractivity contribution in [3.8, 4) is 121 Å². The van der Waals surface area contributed by atoms with Gasteiger partial charge in [0.2, 0.25) is 0 Å². The van der Waals surface area contributed by atoms with Crippen LogP contribution < -0.4 is 16.3 Å². The van der Waals surface area contributed by atoms with E-state index in [0.717, 1.165) is 200 Å². The summed E-state index contributed by atoms with van der Waals surface area (Å²) in [5.74, 6) is 42.6. The number of hydrogen-bond donors (Lipinski definition) is 0. The van der Waals surface area contributed by atoms with Gasteiger partial charge in [-0.05, 0) is 389 Å². The molecule has 6 nitrogen and oxygen atoms in total. The van der Waals surface area contributed by atoms with Gasteiger partial charge in [0.05, 0.1) is 50.2 Å². The van der Waals surface area contributed by atoms with Crippen LogP contribution in [0.4, 0.5) is 0 Å². The number of pyridine rings is 3. The Hall–Kier alpha value is -15.9. The number of rotatable bonds is 6. The van der Waals surface area contributed by atoms with Crippen LogP contribution in [-0.4, -0.2) is 13.7 Å². The summed E-state index contributed by atoms with van der Waals surface area (Å²) >= 11 is 0. The second-order valence-electron chi connectivity index (χ2n) is 35.8. The fourth-order valence-electron chi connectivity index (χ4n) is 20.6. The molecule has 3 aromatic heterocycles. The molecule has 1 aliphatic rings. The minimum Gasteiger partial charge on any atom is -0.308 e. The lowest BCUT2D eigenvalue weighted by molar-refractivity contribution is 1.10. The zero-order valence-corrected chi connectivity index (χ0v) is 76.1. The maximum atomic E-state index is 15.7. The van der Waals surface area contributed by atoms with Crippen molar-refractivity contribution in [1.29, 1.82) is 0 Å². The second kappa shape index (κ2) is 32.6. The second-order valence-corrected chi connectivity index (χ2v) is 35.8. The monoisotopic (exact) mass is 1660 g/mol. The van der Waals surface area contributed by atoms with Crippen LogP contribution in [0.2, 0.25) is 0 Å². The molecule has 0 unspecified atom stereocenters. The van der Waals surface area contributed by atoms with Crippen LogP contribution in [0.15, 0.2) is 251 Å². The van der Waals surface area contributed by atoms with Crippen LogP contribution in [0.1, 0.15) is 167 Å². The largest absolute Gasteiger partial charge is 0.308 e. The predicted octanol–water partition coefficient (Wildman–Crippen LogP) is 26.3. The summed E-state index contributed by atoms with van der Waals surface area (Å²) in [6, 6.07) is 81.1. The molecule has 18 aromatic rings. The van der Waals surface area contributed by atoms with Crippen molar-refractivity contribution >= 4 is 65.4 Å². The van der Waals surface area contributed by atoms with Crippen LogP contribution in [0.3, 0.4) is 0 Å². The number of nitrogens with zero attached hydrogens (tertiary/aromatic N) is 3. The summed E-state index contributed by atoms with van der Waals surface area (Å²) in [5.41, 5.74) is 42.0. The Balaban J connectivity index is 0.846. The molecule has 15 aromatic carbocycles. The first-order chi connectivity index (χ1) is 62.0. The molecule has 0 spiro atoms. The number of fused-ring (bicyclic) bond motifs is 12. The average molecular weight is 1660 g/mol. The molecule has 19 rings (SSSR count). The molecule has 0 N–H and O–H groups in total. The fourth-order valence-corrected chi connectivity index (χ4v) is 20.6. The predicted molar refractivity (Wildman–Crippen MR) is 538 cm³/mol. The van der Waals surface area contributed by atoms with Gasteiger partial charge >= 0.3 is 0 Å². The molecule has 0 atom stereocenters. The molecule has 0 radical (unpaired) electrons. The molecule has 618 valence electrons. The number of aromatic nitrogens is 3. The van der Waals surface area contributed by atoms with Crippen LogP contribution >= 0.6 is 0 Å². The van der Waals surface area contributed by atoms with Crippen molar-refractivity contribution in [3.63, 3.8) is 0 Å². The first-order valence-corrected chi connectivity index (χ1v) is 43.9. The van der Waals surface area contributed by atoms with E-state index < -0.39 is 0 Å². The van der Waals surface area contributed by atoms with Crippen LogP contribution in [0.5, 0.6) is 0 Å². The molecule has 0 amide bonds. The van der Waals surface area contributed by atoms with E-state index in [1.54, 1.807) is 0 Å². The van der Waals surface area contributed by atoms with Gasteiger partial charge in [-0.2, -0.15) is 0 Å².